The number of nitrogens with one attached hydrogen (secondary N) is 1. The van der Waals surface area contributed by atoms with Crippen molar-refractivity contribution >= 4 is 40.1 Å². The standard InChI is InChI=1S/C23H21ClF3NO5/c1-12(2)31-11-16-15-6-4-5-7-19(15)33-20(16)22(30)32-13(3)21(29)28-18-9-8-14(24)10-17(18)23(25,26)27/h4-10,12-13H,11H2,1-3H3,(H,28,29). The summed E-state index contributed by atoms with van der Waals surface area (Å²) in [5.74, 6) is -2.03. The van der Waals surface area contributed by atoms with Gasteiger partial charge in [0.2, 0.25) is 5.76 Å². The van der Waals surface area contributed by atoms with Crippen LogP contribution >= 0.6 is 11.6 Å². The van der Waals surface area contributed by atoms with Crippen LogP contribution in [-0.4, -0.2) is 24.1 Å². The predicted molar refractivity (Wildman–Crippen MR) is 116 cm³/mol. The van der Waals surface area contributed by atoms with Crippen molar-refractivity contribution in [3.05, 3.63) is 64.4 Å². The van der Waals surface area contributed by atoms with Crippen LogP contribution in [0.4, 0.5) is 18.9 Å². The van der Waals surface area contributed by atoms with Crippen molar-refractivity contribution in [3.63, 3.8) is 0 Å². The van der Waals surface area contributed by atoms with Gasteiger partial charge >= 0.3 is 12.1 Å². The number of furan rings is 1. The number of carbonyl (C=O) groups excluding carboxylic acids is 2. The van der Waals surface area contributed by atoms with Crippen molar-refractivity contribution in [2.24, 2.45) is 0 Å². The van der Waals surface area contributed by atoms with E-state index in [9.17, 15) is 22.8 Å². The Morgan fingerprint density at radius 2 is 1.82 bits per heavy atom. The molecule has 0 saturated carbocycles. The zero-order chi connectivity index (χ0) is 24.3. The lowest BCUT2D eigenvalue weighted by atomic mass is 10.1. The molecule has 1 N–H and O–H groups in total. The maximum absolute atomic E-state index is 13.3. The Bertz CT molecular complexity index is 1170. The molecular weight excluding hydrogens is 463 g/mol. The fourth-order valence-corrected chi connectivity index (χ4v) is 3.19. The van der Waals surface area contributed by atoms with Crippen LogP contribution in [0.2, 0.25) is 5.02 Å². The highest BCUT2D eigenvalue weighted by Crippen LogP contribution is 2.36. The zero-order valence-electron chi connectivity index (χ0n) is 18.0. The Labute approximate surface area is 192 Å². The molecule has 0 saturated heterocycles. The average Bonchev–Trinajstić information content (AvgIpc) is 3.11. The number of amides is 1. The molecule has 1 unspecified atom stereocenters. The summed E-state index contributed by atoms with van der Waals surface area (Å²) in [4.78, 5) is 25.2. The molecular formula is C23H21ClF3NO5. The van der Waals surface area contributed by atoms with Crippen molar-refractivity contribution in [2.75, 3.05) is 5.32 Å². The molecule has 176 valence electrons. The van der Waals surface area contributed by atoms with E-state index in [-0.39, 0.29) is 23.5 Å². The van der Waals surface area contributed by atoms with Gasteiger partial charge in [0.15, 0.2) is 6.10 Å². The maximum atomic E-state index is 13.3. The zero-order valence-corrected chi connectivity index (χ0v) is 18.7. The highest BCUT2D eigenvalue weighted by Gasteiger charge is 2.35. The van der Waals surface area contributed by atoms with Gasteiger partial charge in [0.05, 0.1) is 24.0 Å². The van der Waals surface area contributed by atoms with Gasteiger partial charge in [-0.2, -0.15) is 13.2 Å². The smallest absolute Gasteiger partial charge is 0.418 e. The first-order valence-corrected chi connectivity index (χ1v) is 10.4. The minimum atomic E-state index is -4.74. The summed E-state index contributed by atoms with van der Waals surface area (Å²) in [5, 5.41) is 2.65. The van der Waals surface area contributed by atoms with Gasteiger partial charge in [-0.25, -0.2) is 4.79 Å². The number of alkyl halides is 3. The van der Waals surface area contributed by atoms with Gasteiger partial charge in [-0.3, -0.25) is 4.79 Å². The van der Waals surface area contributed by atoms with E-state index in [1.807, 2.05) is 13.8 Å². The number of ether oxygens (including phenoxy) is 2. The SMILES string of the molecule is CC(C)OCc1c(C(=O)OC(C)C(=O)Nc2ccc(Cl)cc2C(F)(F)F)oc2ccccc12. The minimum absolute atomic E-state index is 0.0689. The Morgan fingerprint density at radius 1 is 1.12 bits per heavy atom. The molecule has 0 aliphatic rings. The van der Waals surface area contributed by atoms with E-state index in [0.29, 0.717) is 22.6 Å². The number of halogens is 4. The van der Waals surface area contributed by atoms with Crippen LogP contribution in [0.1, 0.15) is 42.5 Å². The van der Waals surface area contributed by atoms with E-state index < -0.39 is 35.4 Å². The largest absolute Gasteiger partial charge is 0.449 e. The van der Waals surface area contributed by atoms with Crippen molar-refractivity contribution < 1.29 is 36.7 Å². The molecule has 10 heteroatoms. The van der Waals surface area contributed by atoms with Crippen molar-refractivity contribution in [3.8, 4) is 0 Å². The molecule has 3 aromatic rings. The molecule has 3 rings (SSSR count). The van der Waals surface area contributed by atoms with Crippen LogP contribution in [0.25, 0.3) is 11.0 Å². The second-order valence-corrected chi connectivity index (χ2v) is 7.93. The van der Waals surface area contributed by atoms with Crippen molar-refractivity contribution in [1.82, 2.24) is 0 Å². The molecule has 1 aromatic heterocycles. The van der Waals surface area contributed by atoms with Crippen LogP contribution in [0.15, 0.2) is 46.9 Å². The van der Waals surface area contributed by atoms with Gasteiger partial charge in [0, 0.05) is 16.0 Å². The molecule has 1 amide bonds. The van der Waals surface area contributed by atoms with Gasteiger partial charge < -0.3 is 19.2 Å². The van der Waals surface area contributed by atoms with E-state index in [2.05, 4.69) is 5.32 Å². The number of hydrogen-bond acceptors (Lipinski definition) is 5. The number of carbonyl (C=O) groups is 2. The summed E-state index contributed by atoms with van der Waals surface area (Å²) in [6, 6.07) is 9.85. The lowest BCUT2D eigenvalue weighted by Gasteiger charge is -2.17. The Morgan fingerprint density at radius 3 is 2.48 bits per heavy atom. The van der Waals surface area contributed by atoms with Crippen LogP contribution in [0.3, 0.4) is 0 Å². The topological polar surface area (TPSA) is 77.8 Å². The quantitative estimate of drug-likeness (QED) is 0.404. The lowest BCUT2D eigenvalue weighted by Crippen LogP contribution is -2.31. The van der Waals surface area contributed by atoms with Crippen LogP contribution in [-0.2, 0) is 27.1 Å². The number of hydrogen-bond donors (Lipinski definition) is 1. The lowest BCUT2D eigenvalue weighted by molar-refractivity contribution is -0.137. The fraction of sp³-hybridized carbons (Fsp3) is 0.304. The Hall–Kier alpha value is -3.04. The maximum Gasteiger partial charge on any atom is 0.418 e. The third-order valence-corrected chi connectivity index (χ3v) is 4.88. The molecule has 2 aromatic carbocycles. The molecule has 6 nitrogen and oxygen atoms in total. The van der Waals surface area contributed by atoms with E-state index in [1.165, 1.54) is 13.0 Å². The first-order chi connectivity index (χ1) is 15.5. The summed E-state index contributed by atoms with van der Waals surface area (Å²) in [6.45, 7) is 4.97. The highest BCUT2D eigenvalue weighted by atomic mass is 35.5. The molecule has 0 bridgehead atoms. The van der Waals surface area contributed by atoms with E-state index in [0.717, 1.165) is 6.07 Å². The molecule has 1 heterocycles. The molecule has 0 fully saturated rings. The summed E-state index contributed by atoms with van der Waals surface area (Å²) in [5.41, 5.74) is -0.740. The second-order valence-electron chi connectivity index (χ2n) is 7.49. The molecule has 1 atom stereocenters. The summed E-state index contributed by atoms with van der Waals surface area (Å²) < 4.78 is 56.2. The monoisotopic (exact) mass is 483 g/mol. The highest BCUT2D eigenvalue weighted by molar-refractivity contribution is 6.30. The molecule has 0 spiro atoms. The van der Waals surface area contributed by atoms with Gasteiger partial charge in [-0.05, 0) is 45.0 Å². The number of fused-ring (bicyclic) bond motifs is 1. The molecule has 0 aliphatic heterocycles. The molecule has 33 heavy (non-hydrogen) atoms. The third-order valence-electron chi connectivity index (χ3n) is 4.64. The van der Waals surface area contributed by atoms with Crippen LogP contribution in [0.5, 0.6) is 0 Å². The summed E-state index contributed by atoms with van der Waals surface area (Å²) in [6.07, 6.45) is -6.27. The minimum Gasteiger partial charge on any atom is -0.449 e. The van der Waals surface area contributed by atoms with Crippen LogP contribution in [0, 0.1) is 0 Å². The van der Waals surface area contributed by atoms with E-state index >= 15 is 0 Å². The fourth-order valence-electron chi connectivity index (χ4n) is 3.02. The number of rotatable bonds is 7. The van der Waals surface area contributed by atoms with Crippen LogP contribution < -0.4 is 5.32 Å². The number of benzene rings is 2. The van der Waals surface area contributed by atoms with E-state index in [4.69, 9.17) is 25.5 Å². The Balaban J connectivity index is 1.79. The number of esters is 1. The third kappa shape index (κ3) is 5.85. The predicted octanol–water partition coefficient (Wildman–Crippen LogP) is 6.21. The first-order valence-electron chi connectivity index (χ1n) is 9.98. The van der Waals surface area contributed by atoms with E-state index in [1.54, 1.807) is 24.3 Å². The van der Waals surface area contributed by atoms with Gasteiger partial charge in [0.25, 0.3) is 5.91 Å². The van der Waals surface area contributed by atoms with Crippen molar-refractivity contribution in [1.29, 1.82) is 0 Å². The number of anilines is 1. The van der Waals surface area contributed by atoms with Crippen molar-refractivity contribution in [2.45, 2.75) is 45.8 Å². The summed E-state index contributed by atoms with van der Waals surface area (Å²) >= 11 is 5.65. The van der Waals surface area contributed by atoms with Gasteiger partial charge in [0.1, 0.15) is 5.58 Å². The summed E-state index contributed by atoms with van der Waals surface area (Å²) in [7, 11) is 0. The normalized spacial score (nSPS) is 12.7. The van der Waals surface area contributed by atoms with Gasteiger partial charge in [-0.15, -0.1) is 0 Å². The first kappa shape index (κ1) is 24.6. The van der Waals surface area contributed by atoms with Gasteiger partial charge in [-0.1, -0.05) is 29.8 Å². The molecule has 0 radical (unpaired) electrons. The average molecular weight is 484 g/mol. The number of para-hydroxylation sites is 1. The Kier molecular flexibility index (Phi) is 7.34. The molecule has 0 aliphatic carbocycles. The second kappa shape index (κ2) is 9.84.